The number of amides is 3. The van der Waals surface area contributed by atoms with Crippen molar-refractivity contribution in [3.8, 4) is 0 Å². The van der Waals surface area contributed by atoms with Crippen LogP contribution in [0.4, 0.5) is 28.9 Å². The molecule has 1 fully saturated rings. The van der Waals surface area contributed by atoms with Crippen molar-refractivity contribution in [2.75, 3.05) is 36.8 Å². The van der Waals surface area contributed by atoms with E-state index in [1.54, 1.807) is 4.90 Å². The van der Waals surface area contributed by atoms with Gasteiger partial charge in [0.15, 0.2) is 0 Å². The summed E-state index contributed by atoms with van der Waals surface area (Å²) in [6.45, 7) is 0.566. The lowest BCUT2D eigenvalue weighted by atomic mass is 10.1. The molecule has 1 saturated heterocycles. The molecular formula is C22H22F4N4O3. The molecule has 1 heterocycles. The summed E-state index contributed by atoms with van der Waals surface area (Å²) in [6, 6.07) is 7.61. The van der Waals surface area contributed by atoms with Gasteiger partial charge in [0.25, 0.3) is 5.91 Å². The van der Waals surface area contributed by atoms with Crippen LogP contribution in [0.15, 0.2) is 42.5 Å². The molecule has 2 aromatic carbocycles. The van der Waals surface area contributed by atoms with Gasteiger partial charge in [-0.15, -0.1) is 0 Å². The smallest absolute Gasteiger partial charge is 0.376 e. The number of anilines is 2. The van der Waals surface area contributed by atoms with Crippen LogP contribution >= 0.6 is 0 Å². The summed E-state index contributed by atoms with van der Waals surface area (Å²) in [6.07, 6.45) is -2.95. The van der Waals surface area contributed by atoms with Crippen LogP contribution in [0.1, 0.15) is 28.8 Å². The van der Waals surface area contributed by atoms with Crippen LogP contribution in [-0.4, -0.2) is 48.8 Å². The minimum absolute atomic E-state index is 0.0762. The van der Waals surface area contributed by atoms with E-state index >= 15 is 0 Å². The summed E-state index contributed by atoms with van der Waals surface area (Å²) >= 11 is 0. The zero-order valence-corrected chi connectivity index (χ0v) is 17.5. The van der Waals surface area contributed by atoms with Gasteiger partial charge in [-0.25, -0.2) is 4.39 Å². The number of halogens is 4. The maximum Gasteiger partial charge on any atom is 0.418 e. The number of alkyl halides is 3. The average Bonchev–Trinajstić information content (AvgIpc) is 3.31. The molecule has 0 aliphatic carbocycles. The van der Waals surface area contributed by atoms with Crippen LogP contribution in [0.3, 0.4) is 0 Å². The van der Waals surface area contributed by atoms with E-state index < -0.39 is 35.9 Å². The number of rotatable bonds is 7. The summed E-state index contributed by atoms with van der Waals surface area (Å²) in [7, 11) is 0. The lowest BCUT2D eigenvalue weighted by molar-refractivity contribution is -0.137. The van der Waals surface area contributed by atoms with E-state index in [-0.39, 0.29) is 29.4 Å². The van der Waals surface area contributed by atoms with Crippen LogP contribution in [0, 0.1) is 5.82 Å². The topological polar surface area (TPSA) is 90.5 Å². The Kier molecular flexibility index (Phi) is 7.52. The molecule has 1 aliphatic heterocycles. The van der Waals surface area contributed by atoms with Crippen molar-refractivity contribution in [2.45, 2.75) is 19.0 Å². The van der Waals surface area contributed by atoms with Gasteiger partial charge in [0.05, 0.1) is 18.7 Å². The van der Waals surface area contributed by atoms with E-state index in [2.05, 4.69) is 16.0 Å². The highest BCUT2D eigenvalue weighted by molar-refractivity contribution is 6.04. The molecule has 0 saturated carbocycles. The van der Waals surface area contributed by atoms with Crippen LogP contribution < -0.4 is 16.0 Å². The third-order valence-corrected chi connectivity index (χ3v) is 5.02. The molecule has 176 valence electrons. The first-order chi connectivity index (χ1) is 15.6. The Morgan fingerprint density at radius 1 is 0.939 bits per heavy atom. The van der Waals surface area contributed by atoms with Crippen LogP contribution in [0.5, 0.6) is 0 Å². The lowest BCUT2D eigenvalue weighted by Crippen LogP contribution is -2.40. The monoisotopic (exact) mass is 466 g/mol. The molecule has 11 heteroatoms. The third kappa shape index (κ3) is 6.67. The molecule has 0 aromatic heterocycles. The van der Waals surface area contributed by atoms with Gasteiger partial charge in [-0.1, -0.05) is 0 Å². The normalized spacial score (nSPS) is 13.5. The highest BCUT2D eigenvalue weighted by atomic mass is 19.4. The second kappa shape index (κ2) is 10.3. The molecule has 3 rings (SSSR count). The fourth-order valence-electron chi connectivity index (χ4n) is 3.31. The van der Waals surface area contributed by atoms with Crippen molar-refractivity contribution in [3.05, 3.63) is 59.4 Å². The molecule has 33 heavy (non-hydrogen) atoms. The van der Waals surface area contributed by atoms with Gasteiger partial charge >= 0.3 is 6.18 Å². The molecule has 0 spiro atoms. The Morgan fingerprint density at radius 3 is 2.24 bits per heavy atom. The summed E-state index contributed by atoms with van der Waals surface area (Å²) in [5.41, 5.74) is -1.49. The molecule has 0 atom stereocenters. The van der Waals surface area contributed by atoms with Crippen molar-refractivity contribution >= 4 is 29.1 Å². The second-order valence-corrected chi connectivity index (χ2v) is 7.44. The Labute approximate surface area is 187 Å². The van der Waals surface area contributed by atoms with Crippen LogP contribution in [0.2, 0.25) is 0 Å². The first-order valence-electron chi connectivity index (χ1n) is 10.2. The predicted octanol–water partition coefficient (Wildman–Crippen LogP) is 3.25. The van der Waals surface area contributed by atoms with Crippen LogP contribution in [-0.2, 0) is 15.8 Å². The van der Waals surface area contributed by atoms with Crippen LogP contribution in [0.25, 0.3) is 0 Å². The number of likely N-dealkylation sites (tertiary alicyclic amines) is 1. The van der Waals surface area contributed by atoms with Crippen molar-refractivity contribution in [1.82, 2.24) is 10.2 Å². The molecule has 3 amide bonds. The SMILES string of the molecule is O=C(CNc1ccc(NC(=O)c2ccc(F)cc2)cc1C(F)(F)F)NCC(=O)N1CCCC1. The third-order valence-electron chi connectivity index (χ3n) is 5.02. The molecule has 0 bridgehead atoms. The first-order valence-corrected chi connectivity index (χ1v) is 10.2. The zero-order chi connectivity index (χ0) is 24.0. The van der Waals surface area contributed by atoms with Gasteiger partial charge in [0.2, 0.25) is 11.8 Å². The molecule has 7 nitrogen and oxygen atoms in total. The van der Waals surface area contributed by atoms with Crippen molar-refractivity contribution in [1.29, 1.82) is 0 Å². The number of hydrogen-bond donors (Lipinski definition) is 3. The Morgan fingerprint density at radius 2 is 1.61 bits per heavy atom. The largest absolute Gasteiger partial charge is 0.418 e. The fraction of sp³-hybridized carbons (Fsp3) is 0.318. The lowest BCUT2D eigenvalue weighted by Gasteiger charge is -2.17. The summed E-state index contributed by atoms with van der Waals surface area (Å²) in [4.78, 5) is 37.7. The number of hydrogen-bond acceptors (Lipinski definition) is 4. The molecule has 0 unspecified atom stereocenters. The number of nitrogens with zero attached hydrogens (tertiary/aromatic N) is 1. The second-order valence-electron chi connectivity index (χ2n) is 7.44. The highest BCUT2D eigenvalue weighted by Crippen LogP contribution is 2.36. The minimum Gasteiger partial charge on any atom is -0.376 e. The van der Waals surface area contributed by atoms with E-state index in [9.17, 15) is 31.9 Å². The van der Waals surface area contributed by atoms with Crippen molar-refractivity contribution in [3.63, 3.8) is 0 Å². The van der Waals surface area contributed by atoms with Gasteiger partial charge in [-0.2, -0.15) is 13.2 Å². The van der Waals surface area contributed by atoms with Gasteiger partial charge < -0.3 is 20.9 Å². The minimum atomic E-state index is -4.76. The quantitative estimate of drug-likeness (QED) is 0.547. The zero-order valence-electron chi connectivity index (χ0n) is 17.5. The van der Waals surface area contributed by atoms with Gasteiger partial charge in [-0.05, 0) is 55.3 Å². The highest BCUT2D eigenvalue weighted by Gasteiger charge is 2.34. The van der Waals surface area contributed by atoms with E-state index in [0.717, 1.165) is 37.1 Å². The number of benzene rings is 2. The molecule has 1 aliphatic rings. The molecule has 3 N–H and O–H groups in total. The number of nitrogens with one attached hydrogen (secondary N) is 3. The molecular weight excluding hydrogens is 444 g/mol. The van der Waals surface area contributed by atoms with Crippen molar-refractivity contribution < 1.29 is 31.9 Å². The molecule has 2 aromatic rings. The van der Waals surface area contributed by atoms with E-state index in [4.69, 9.17) is 0 Å². The Hall–Kier alpha value is -3.63. The van der Waals surface area contributed by atoms with Crippen molar-refractivity contribution in [2.24, 2.45) is 0 Å². The van der Waals surface area contributed by atoms with Gasteiger partial charge in [0.1, 0.15) is 5.82 Å². The fourth-order valence-corrected chi connectivity index (χ4v) is 3.31. The summed E-state index contributed by atoms with van der Waals surface area (Å²) in [5, 5.41) is 7.14. The first kappa shape index (κ1) is 24.0. The van der Waals surface area contributed by atoms with Gasteiger partial charge in [0, 0.05) is 30.0 Å². The summed E-state index contributed by atoms with van der Waals surface area (Å²) < 4.78 is 53.6. The standard InChI is InChI=1S/C22H22F4N4O3/c23-15-5-3-14(4-6-15)21(33)29-16-7-8-18(17(11-16)22(24,25)26)27-12-19(31)28-13-20(32)30-9-1-2-10-30/h3-8,11,27H,1-2,9-10,12-13H2,(H,28,31)(H,29,33). The number of carbonyl (C=O) groups excluding carboxylic acids is 3. The molecule has 0 radical (unpaired) electrons. The maximum atomic E-state index is 13.5. The summed E-state index contributed by atoms with van der Waals surface area (Å²) in [5.74, 6) is -2.13. The average molecular weight is 466 g/mol. The predicted molar refractivity (Wildman–Crippen MR) is 113 cm³/mol. The van der Waals surface area contributed by atoms with Gasteiger partial charge in [-0.3, -0.25) is 14.4 Å². The van der Waals surface area contributed by atoms with E-state index in [0.29, 0.717) is 13.1 Å². The maximum absolute atomic E-state index is 13.5. The Balaban J connectivity index is 1.61. The van der Waals surface area contributed by atoms with E-state index in [1.807, 2.05) is 0 Å². The Bertz CT molecular complexity index is 1020. The van der Waals surface area contributed by atoms with E-state index in [1.165, 1.54) is 18.2 Å². The number of carbonyl (C=O) groups is 3.